The van der Waals surface area contributed by atoms with Gasteiger partial charge in [0.15, 0.2) is 0 Å². The van der Waals surface area contributed by atoms with E-state index in [1.807, 2.05) is 0 Å². The predicted molar refractivity (Wildman–Crippen MR) is 127 cm³/mol. The number of carbonyl (C=O) groups excluding carboxylic acids is 2. The van der Waals surface area contributed by atoms with Crippen molar-refractivity contribution in [3.05, 3.63) is 68.8 Å². The molecular formula is C16H30CoN2O14S2+6. The molecule has 0 aromatic heterocycles. The van der Waals surface area contributed by atoms with Crippen LogP contribution in [0.2, 0.25) is 0 Å². The summed E-state index contributed by atoms with van der Waals surface area (Å²) in [5.74, 6) is -2.63. The largest absolute Gasteiger partial charge is 2.00 e. The van der Waals surface area contributed by atoms with Crippen LogP contribution in [-0.2, 0) is 59.2 Å². The van der Waals surface area contributed by atoms with Gasteiger partial charge < -0.3 is 52.7 Å². The molecule has 19 heteroatoms. The molecule has 203 valence electrons. The molecule has 16 nitrogen and oxygen atoms in total. The van der Waals surface area contributed by atoms with Crippen LogP contribution < -0.4 is 10.2 Å². The fourth-order valence-corrected chi connectivity index (χ4v) is 2.84. The molecule has 2 rings (SSSR count). The first kappa shape index (κ1) is 49.3. The van der Waals surface area contributed by atoms with E-state index in [0.717, 1.165) is 23.5 Å². The van der Waals surface area contributed by atoms with E-state index in [9.17, 15) is 40.0 Å². The Balaban J connectivity index is -0.0000000747. The third-order valence-electron chi connectivity index (χ3n) is 2.81. The van der Waals surface area contributed by atoms with E-state index in [1.54, 1.807) is 0 Å². The van der Waals surface area contributed by atoms with E-state index in [1.165, 1.54) is 48.5 Å². The Hall–Kier alpha value is -2.85. The van der Waals surface area contributed by atoms with Crippen molar-refractivity contribution in [3.8, 4) is 0 Å². The van der Waals surface area contributed by atoms with Crippen LogP contribution in [0.15, 0.2) is 58.3 Å². The summed E-state index contributed by atoms with van der Waals surface area (Å²) in [7, 11) is 0. The molecule has 0 bridgehead atoms. The second-order valence-electron chi connectivity index (χ2n) is 4.82. The van der Waals surface area contributed by atoms with Crippen LogP contribution in [0, 0.1) is 20.2 Å². The van der Waals surface area contributed by atoms with Gasteiger partial charge >= 0.3 is 16.8 Å². The van der Waals surface area contributed by atoms with Crippen molar-refractivity contribution < 1.29 is 79.3 Å². The summed E-state index contributed by atoms with van der Waals surface area (Å²) in [4.78, 5) is 41.1. The minimum Gasteiger partial charge on any atom is -0.549 e. The standard InChI is InChI=1S/2C8H7NO4S.Co.6H2O/c2*10-8(11)5-14-7-3-1-6(2-4-7)9(12)13;;;;;;;/h2*1-4H,5H2,(H,10,11);;6*1H2/q;;+2;;;;;;/p+4. The predicted octanol–water partition coefficient (Wildman–Crippen LogP) is -4.66. The van der Waals surface area contributed by atoms with Crippen molar-refractivity contribution in [1.82, 2.24) is 0 Å². The van der Waals surface area contributed by atoms with Crippen LogP contribution in [0.5, 0.6) is 0 Å². The normalized spacial score (nSPS) is 7.77. The van der Waals surface area contributed by atoms with Gasteiger partial charge in [-0.05, 0) is 24.3 Å². The van der Waals surface area contributed by atoms with Crippen molar-refractivity contribution in [2.24, 2.45) is 0 Å². The molecule has 35 heavy (non-hydrogen) atoms. The van der Waals surface area contributed by atoms with Crippen molar-refractivity contribution >= 4 is 46.8 Å². The molecule has 0 saturated heterocycles. The number of rotatable bonds is 8. The van der Waals surface area contributed by atoms with E-state index >= 15 is 0 Å². The SMILES string of the molecule is O=C([O-])CSc1ccc([N+](=O)[O-])cc1.O=C([O-])CSc1ccc([N+](=O)[O-])cc1.[Co+2].[OH3+].[OH3+].[OH3+].[OH3+].[OH3+].[OH3+]. The van der Waals surface area contributed by atoms with Gasteiger partial charge in [-0.25, -0.2) is 0 Å². The van der Waals surface area contributed by atoms with Gasteiger partial charge in [0, 0.05) is 45.6 Å². The average Bonchev–Trinajstić information content (AvgIpc) is 2.65. The second kappa shape index (κ2) is 25.8. The van der Waals surface area contributed by atoms with Crippen molar-refractivity contribution in [1.29, 1.82) is 0 Å². The number of benzene rings is 2. The topological polar surface area (TPSA) is 365 Å². The molecule has 0 fully saturated rings. The molecular weight excluding hydrogens is 567 g/mol. The van der Waals surface area contributed by atoms with Crippen LogP contribution in [0.25, 0.3) is 0 Å². The fourth-order valence-electron chi connectivity index (χ4n) is 1.61. The fraction of sp³-hybridized carbons (Fsp3) is 0.125. The van der Waals surface area contributed by atoms with Crippen molar-refractivity contribution in [2.75, 3.05) is 11.5 Å². The third-order valence-corrected chi connectivity index (χ3v) is 4.78. The Morgan fingerprint density at radius 2 is 0.829 bits per heavy atom. The van der Waals surface area contributed by atoms with Gasteiger partial charge in [0.1, 0.15) is 0 Å². The van der Waals surface area contributed by atoms with E-state index in [-0.39, 0.29) is 72.5 Å². The number of hydrogen-bond acceptors (Lipinski definition) is 10. The number of carboxylic acids is 2. The number of non-ortho nitro benzene ring substituents is 2. The summed E-state index contributed by atoms with van der Waals surface area (Å²) in [6.45, 7) is 0. The molecule has 0 aliphatic rings. The third kappa shape index (κ3) is 21.4. The number of nitro groups is 2. The number of carbonyl (C=O) groups is 2. The summed E-state index contributed by atoms with van der Waals surface area (Å²) in [5, 5.41) is 40.8. The van der Waals surface area contributed by atoms with E-state index in [2.05, 4.69) is 0 Å². The first-order valence-electron chi connectivity index (χ1n) is 7.33. The number of nitro benzene ring substituents is 2. The maximum atomic E-state index is 10.3. The number of thioether (sulfide) groups is 2. The zero-order valence-corrected chi connectivity index (χ0v) is 20.5. The molecule has 0 unspecified atom stereocenters. The zero-order valence-electron chi connectivity index (χ0n) is 17.8. The molecule has 2 aromatic carbocycles. The van der Waals surface area contributed by atoms with E-state index in [4.69, 9.17) is 0 Å². The minimum atomic E-state index is -1.16. The number of aliphatic carboxylic acids is 2. The molecule has 0 saturated carbocycles. The smallest absolute Gasteiger partial charge is 0.549 e. The quantitative estimate of drug-likeness (QED) is 0.121. The van der Waals surface area contributed by atoms with Gasteiger partial charge in [0.25, 0.3) is 11.4 Å². The van der Waals surface area contributed by atoms with Gasteiger partial charge in [0.2, 0.25) is 0 Å². The molecule has 0 spiro atoms. The van der Waals surface area contributed by atoms with Crippen molar-refractivity contribution in [2.45, 2.75) is 9.79 Å². The summed E-state index contributed by atoms with van der Waals surface area (Å²) in [5.41, 5.74) is -0.0226. The molecule has 0 heterocycles. The van der Waals surface area contributed by atoms with Crippen LogP contribution >= 0.6 is 23.5 Å². The first-order valence-corrected chi connectivity index (χ1v) is 9.30. The van der Waals surface area contributed by atoms with Crippen LogP contribution in [0.4, 0.5) is 11.4 Å². The van der Waals surface area contributed by atoms with Crippen LogP contribution in [-0.4, -0.2) is 33.3 Å². The maximum absolute atomic E-state index is 10.3. The monoisotopic (exact) mass is 597 g/mol. The molecule has 2 aromatic rings. The summed E-state index contributed by atoms with van der Waals surface area (Å²) in [6.07, 6.45) is 0. The molecule has 0 aliphatic heterocycles. The Bertz CT molecular complexity index is 785. The minimum absolute atomic E-state index is 0. The molecule has 18 N–H and O–H groups in total. The first-order chi connectivity index (χ1) is 13.2. The summed E-state index contributed by atoms with van der Waals surface area (Å²) in [6, 6.07) is 11.3. The summed E-state index contributed by atoms with van der Waals surface area (Å²) >= 11 is 2.13. The molecule has 1 radical (unpaired) electrons. The van der Waals surface area contributed by atoms with Crippen LogP contribution in [0.3, 0.4) is 0 Å². The van der Waals surface area contributed by atoms with Gasteiger partial charge in [-0.1, -0.05) is 0 Å². The number of nitrogens with zero attached hydrogens (tertiary/aromatic N) is 2. The molecule has 0 atom stereocenters. The maximum Gasteiger partial charge on any atom is 2.00 e. The van der Waals surface area contributed by atoms with Gasteiger partial charge in [-0.3, -0.25) is 20.2 Å². The summed E-state index contributed by atoms with van der Waals surface area (Å²) < 4.78 is 0. The molecule has 0 amide bonds. The Morgan fingerprint density at radius 1 is 0.600 bits per heavy atom. The van der Waals surface area contributed by atoms with Gasteiger partial charge in [0.05, 0.1) is 21.8 Å². The van der Waals surface area contributed by atoms with E-state index in [0.29, 0.717) is 9.79 Å². The zero-order chi connectivity index (χ0) is 21.1. The number of hydrogen-bond donors (Lipinski definition) is 0. The van der Waals surface area contributed by atoms with Gasteiger partial charge in [-0.2, -0.15) is 0 Å². The van der Waals surface area contributed by atoms with E-state index < -0.39 is 21.8 Å². The Labute approximate surface area is 216 Å². The second-order valence-corrected chi connectivity index (χ2v) is 6.92. The number of carboxylic acid groups (broad SMARTS) is 2. The van der Waals surface area contributed by atoms with Crippen molar-refractivity contribution in [3.63, 3.8) is 0 Å². The average molecular weight is 597 g/mol. The Kier molecular flexibility index (Phi) is 36.3. The van der Waals surface area contributed by atoms with Gasteiger partial charge in [-0.15, -0.1) is 23.5 Å². The molecule has 0 aliphatic carbocycles. The van der Waals surface area contributed by atoms with Crippen LogP contribution in [0.1, 0.15) is 0 Å². The Morgan fingerprint density at radius 3 is 1.00 bits per heavy atom.